The molecular weight excluding hydrogens is 260 g/mol. The molecule has 0 radical (unpaired) electrons. The van der Waals surface area contributed by atoms with Crippen LogP contribution in [0.25, 0.3) is 0 Å². The highest BCUT2D eigenvalue weighted by Crippen LogP contribution is 2.28. The first-order valence-corrected chi connectivity index (χ1v) is 6.14. The number of rotatable bonds is 5. The number of hydrogen-bond donors (Lipinski definition) is 0. The molecule has 2 nitrogen and oxygen atoms in total. The van der Waals surface area contributed by atoms with Crippen molar-refractivity contribution in [2.24, 2.45) is 0 Å². The first-order chi connectivity index (χ1) is 9.62. The second-order valence-electron chi connectivity index (χ2n) is 4.34. The molecule has 4 heteroatoms. The predicted octanol–water partition coefficient (Wildman–Crippen LogP) is 3.92. The summed E-state index contributed by atoms with van der Waals surface area (Å²) in [4.78, 5) is 0. The lowest BCUT2D eigenvalue weighted by Crippen LogP contribution is -2.23. The van der Waals surface area contributed by atoms with Crippen LogP contribution < -0.4 is 4.74 Å². The van der Waals surface area contributed by atoms with Gasteiger partial charge in [-0.3, -0.25) is 0 Å². The Morgan fingerprint density at radius 2 is 1.80 bits per heavy atom. The van der Waals surface area contributed by atoms with E-state index in [1.807, 2.05) is 6.07 Å². The van der Waals surface area contributed by atoms with E-state index < -0.39 is 12.5 Å². The summed E-state index contributed by atoms with van der Waals surface area (Å²) >= 11 is 0. The third-order valence-electron chi connectivity index (χ3n) is 2.80. The van der Waals surface area contributed by atoms with Crippen LogP contribution in [0.15, 0.2) is 54.6 Å². The monoisotopic (exact) mass is 273 g/mol. The summed E-state index contributed by atoms with van der Waals surface area (Å²) < 4.78 is 33.0. The Bertz CT molecular complexity index is 605. The van der Waals surface area contributed by atoms with Crippen LogP contribution in [0, 0.1) is 11.3 Å². The molecule has 0 bridgehead atoms. The van der Waals surface area contributed by atoms with Gasteiger partial charge in [0, 0.05) is 5.56 Å². The van der Waals surface area contributed by atoms with Crippen molar-refractivity contribution in [2.75, 3.05) is 6.61 Å². The molecule has 0 fully saturated rings. The normalized spacial score (nSPS) is 10.8. The van der Waals surface area contributed by atoms with Crippen molar-refractivity contribution in [1.82, 2.24) is 0 Å². The van der Waals surface area contributed by atoms with Gasteiger partial charge in [0.05, 0.1) is 12.5 Å². The highest BCUT2D eigenvalue weighted by molar-refractivity contribution is 5.30. The predicted molar refractivity (Wildman–Crippen MR) is 71.6 cm³/mol. The van der Waals surface area contributed by atoms with Crippen molar-refractivity contribution in [3.63, 3.8) is 0 Å². The molecule has 0 amide bonds. The van der Waals surface area contributed by atoms with E-state index in [1.54, 1.807) is 42.5 Å². The van der Waals surface area contributed by atoms with E-state index in [-0.39, 0.29) is 12.0 Å². The van der Waals surface area contributed by atoms with Crippen molar-refractivity contribution < 1.29 is 13.5 Å². The zero-order valence-corrected chi connectivity index (χ0v) is 10.7. The van der Waals surface area contributed by atoms with Crippen molar-refractivity contribution in [2.45, 2.75) is 12.3 Å². The molecule has 0 aliphatic carbocycles. The summed E-state index contributed by atoms with van der Waals surface area (Å²) in [5.74, 6) is -2.71. The Labute approximate surface area is 116 Å². The number of benzene rings is 2. The highest BCUT2D eigenvalue weighted by atomic mass is 19.3. The van der Waals surface area contributed by atoms with Crippen molar-refractivity contribution in [1.29, 1.82) is 5.26 Å². The third-order valence-corrected chi connectivity index (χ3v) is 2.80. The Balaban J connectivity index is 2.05. The van der Waals surface area contributed by atoms with Gasteiger partial charge in [0.15, 0.2) is 6.61 Å². The lowest BCUT2D eigenvalue weighted by molar-refractivity contribution is -0.0467. The minimum Gasteiger partial charge on any atom is -0.487 e. The maximum Gasteiger partial charge on any atom is 0.306 e. The second kappa shape index (κ2) is 6.16. The molecule has 0 spiro atoms. The van der Waals surface area contributed by atoms with Gasteiger partial charge in [-0.2, -0.15) is 14.0 Å². The van der Waals surface area contributed by atoms with Crippen LogP contribution in [-0.2, 0) is 12.3 Å². The molecule has 2 aromatic carbocycles. The van der Waals surface area contributed by atoms with E-state index in [4.69, 9.17) is 10.00 Å². The van der Waals surface area contributed by atoms with Crippen LogP contribution in [-0.4, -0.2) is 6.61 Å². The average Bonchev–Trinajstić information content (AvgIpc) is 2.47. The molecule has 2 aromatic rings. The summed E-state index contributed by atoms with van der Waals surface area (Å²) in [7, 11) is 0. The second-order valence-corrected chi connectivity index (χ2v) is 4.34. The molecular formula is C16H13F2NO. The molecule has 102 valence electrons. The zero-order chi connectivity index (χ0) is 14.4. The molecule has 0 unspecified atom stereocenters. The summed E-state index contributed by atoms with van der Waals surface area (Å²) in [6.45, 7) is -0.729. The molecule has 0 aromatic heterocycles. The van der Waals surface area contributed by atoms with Gasteiger partial charge < -0.3 is 4.74 Å². The van der Waals surface area contributed by atoms with Crippen LogP contribution in [0.2, 0.25) is 0 Å². The quantitative estimate of drug-likeness (QED) is 0.827. The van der Waals surface area contributed by atoms with Gasteiger partial charge in [-0.15, -0.1) is 0 Å². The summed E-state index contributed by atoms with van der Waals surface area (Å²) in [5.41, 5.74) is 0.668. The number of halogens is 2. The highest BCUT2D eigenvalue weighted by Gasteiger charge is 2.32. The minimum atomic E-state index is -3.05. The summed E-state index contributed by atoms with van der Waals surface area (Å²) in [6, 6.07) is 16.2. The first kappa shape index (κ1) is 14.0. The molecule has 0 aliphatic rings. The average molecular weight is 273 g/mol. The Hall–Kier alpha value is -2.41. The molecule has 0 saturated carbocycles. The van der Waals surface area contributed by atoms with Crippen LogP contribution >= 0.6 is 0 Å². The van der Waals surface area contributed by atoms with Crippen molar-refractivity contribution in [3.8, 4) is 11.8 Å². The molecule has 20 heavy (non-hydrogen) atoms. The van der Waals surface area contributed by atoms with Gasteiger partial charge in [-0.25, -0.2) is 0 Å². The number of ether oxygens (including phenoxy) is 1. The van der Waals surface area contributed by atoms with E-state index in [0.29, 0.717) is 5.75 Å². The summed E-state index contributed by atoms with van der Waals surface area (Å²) in [5, 5.41) is 8.61. The number of hydrogen-bond acceptors (Lipinski definition) is 2. The van der Waals surface area contributed by atoms with E-state index in [9.17, 15) is 8.78 Å². The van der Waals surface area contributed by atoms with Crippen LogP contribution in [0.1, 0.15) is 11.1 Å². The fourth-order valence-electron chi connectivity index (χ4n) is 1.78. The molecule has 0 aliphatic heterocycles. The number of nitriles is 1. The van der Waals surface area contributed by atoms with Gasteiger partial charge >= 0.3 is 5.92 Å². The fraction of sp³-hybridized carbons (Fsp3) is 0.188. The van der Waals surface area contributed by atoms with Gasteiger partial charge in [-0.1, -0.05) is 42.5 Å². The van der Waals surface area contributed by atoms with Gasteiger partial charge in [0.1, 0.15) is 5.75 Å². The standard InChI is InChI=1S/C16H13F2NO/c17-16(18,14-6-2-1-3-7-14)12-20-15-8-4-5-13(11-15)9-10-19/h1-8,11H,9,12H2. The Morgan fingerprint density at radius 3 is 2.50 bits per heavy atom. The maximum absolute atomic E-state index is 13.9. The third kappa shape index (κ3) is 3.55. The Kier molecular flexibility index (Phi) is 4.31. The van der Waals surface area contributed by atoms with Crippen molar-refractivity contribution >= 4 is 0 Å². The number of alkyl halides is 2. The first-order valence-electron chi connectivity index (χ1n) is 6.14. The van der Waals surface area contributed by atoms with E-state index in [2.05, 4.69) is 0 Å². The van der Waals surface area contributed by atoms with Crippen molar-refractivity contribution in [3.05, 3.63) is 65.7 Å². The minimum absolute atomic E-state index is 0.0758. The molecule has 0 saturated heterocycles. The molecule has 2 rings (SSSR count). The number of nitrogens with zero attached hydrogens (tertiary/aromatic N) is 1. The summed E-state index contributed by atoms with van der Waals surface area (Å²) in [6.07, 6.45) is 0.228. The van der Waals surface area contributed by atoms with Gasteiger partial charge in [-0.05, 0) is 17.7 Å². The largest absolute Gasteiger partial charge is 0.487 e. The van der Waals surface area contributed by atoms with Gasteiger partial charge in [0.2, 0.25) is 0 Å². The molecule has 0 atom stereocenters. The van der Waals surface area contributed by atoms with E-state index in [1.165, 1.54) is 12.1 Å². The zero-order valence-electron chi connectivity index (χ0n) is 10.7. The van der Waals surface area contributed by atoms with Crippen LogP contribution in [0.5, 0.6) is 5.75 Å². The molecule has 0 heterocycles. The van der Waals surface area contributed by atoms with Crippen LogP contribution in [0.3, 0.4) is 0 Å². The van der Waals surface area contributed by atoms with Crippen LogP contribution in [0.4, 0.5) is 8.78 Å². The Morgan fingerprint density at radius 1 is 1.05 bits per heavy atom. The fourth-order valence-corrected chi connectivity index (χ4v) is 1.78. The van der Waals surface area contributed by atoms with Gasteiger partial charge in [0.25, 0.3) is 0 Å². The lowest BCUT2D eigenvalue weighted by Gasteiger charge is -2.17. The van der Waals surface area contributed by atoms with E-state index >= 15 is 0 Å². The lowest BCUT2D eigenvalue weighted by atomic mass is 10.1. The van der Waals surface area contributed by atoms with E-state index in [0.717, 1.165) is 5.56 Å². The maximum atomic E-state index is 13.9. The molecule has 0 N–H and O–H groups in total. The topological polar surface area (TPSA) is 33.0 Å². The smallest absolute Gasteiger partial charge is 0.306 e. The SMILES string of the molecule is N#CCc1cccc(OCC(F)(F)c2ccccc2)c1.